The summed E-state index contributed by atoms with van der Waals surface area (Å²) in [5.41, 5.74) is 1.34. The summed E-state index contributed by atoms with van der Waals surface area (Å²) in [6.45, 7) is 8.96. The number of nitrogens with one attached hydrogen (secondary N) is 1. The van der Waals surface area contributed by atoms with Crippen molar-refractivity contribution in [3.63, 3.8) is 0 Å². The van der Waals surface area contributed by atoms with Crippen LogP contribution < -0.4 is 14.4 Å². The zero-order chi connectivity index (χ0) is 27.6. The number of sulfonamides is 1. The molecule has 10 heteroatoms. The topological polar surface area (TPSA) is 96.0 Å². The molecule has 0 bridgehead atoms. The van der Waals surface area contributed by atoms with E-state index in [1.807, 2.05) is 32.9 Å². The molecule has 8 nitrogen and oxygen atoms in total. The van der Waals surface area contributed by atoms with Crippen LogP contribution in [-0.4, -0.2) is 57.1 Å². The van der Waals surface area contributed by atoms with E-state index in [9.17, 15) is 18.0 Å². The highest BCUT2D eigenvalue weighted by Gasteiger charge is 2.26. The van der Waals surface area contributed by atoms with E-state index in [4.69, 9.17) is 16.3 Å². The third-order valence-electron chi connectivity index (χ3n) is 5.71. The molecule has 2 aromatic carbocycles. The molecule has 2 amide bonds. The van der Waals surface area contributed by atoms with Crippen molar-refractivity contribution in [1.29, 1.82) is 0 Å². The second-order valence-corrected chi connectivity index (χ2v) is 11.7. The first-order chi connectivity index (χ1) is 17.4. The van der Waals surface area contributed by atoms with Gasteiger partial charge in [-0.05, 0) is 68.1 Å². The molecule has 1 N–H and O–H groups in total. The highest BCUT2D eigenvalue weighted by atomic mass is 35.5. The van der Waals surface area contributed by atoms with E-state index in [0.717, 1.165) is 11.8 Å². The first-order valence-corrected chi connectivity index (χ1v) is 14.7. The van der Waals surface area contributed by atoms with Crippen LogP contribution in [0.5, 0.6) is 5.75 Å². The van der Waals surface area contributed by atoms with Gasteiger partial charge in [-0.25, -0.2) is 8.42 Å². The van der Waals surface area contributed by atoms with Gasteiger partial charge in [-0.3, -0.25) is 13.9 Å². The second kappa shape index (κ2) is 14.2. The standard InChI is InChI=1S/C27H38ClN3O5S/c1-6-36-25-15-13-24(14-16-25)31(37(5,34)35)17-7-8-26(32)30(19-22-9-11-23(28)12-10-22)21(4)27(33)29-18-20(2)3/h9-16,20-21H,6-8,17-19H2,1-5H3,(H,29,33). The van der Waals surface area contributed by atoms with Gasteiger partial charge in [-0.1, -0.05) is 37.6 Å². The zero-order valence-corrected chi connectivity index (χ0v) is 23.8. The van der Waals surface area contributed by atoms with Crippen molar-refractivity contribution in [3.8, 4) is 5.75 Å². The fraction of sp³-hybridized carbons (Fsp3) is 0.481. The SMILES string of the molecule is CCOc1ccc(N(CCCC(=O)N(Cc2ccc(Cl)cc2)C(C)C(=O)NCC(C)C)S(C)(=O)=O)cc1. The van der Waals surface area contributed by atoms with E-state index in [2.05, 4.69) is 5.32 Å². The molecule has 0 aliphatic carbocycles. The lowest BCUT2D eigenvalue weighted by atomic mass is 10.1. The summed E-state index contributed by atoms with van der Waals surface area (Å²) in [6.07, 6.45) is 1.51. The maximum atomic E-state index is 13.3. The van der Waals surface area contributed by atoms with Gasteiger partial charge in [0.2, 0.25) is 21.8 Å². The first-order valence-electron chi connectivity index (χ1n) is 12.4. The van der Waals surface area contributed by atoms with Crippen LogP contribution in [0.1, 0.15) is 46.1 Å². The molecule has 0 aromatic heterocycles. The van der Waals surface area contributed by atoms with Crippen LogP contribution in [0.25, 0.3) is 0 Å². The van der Waals surface area contributed by atoms with E-state index in [-0.39, 0.29) is 43.7 Å². The highest BCUT2D eigenvalue weighted by Crippen LogP contribution is 2.23. The Labute approximate surface area is 226 Å². The fourth-order valence-corrected chi connectivity index (χ4v) is 4.79. The maximum absolute atomic E-state index is 13.3. The summed E-state index contributed by atoms with van der Waals surface area (Å²) in [6, 6.07) is 13.2. The smallest absolute Gasteiger partial charge is 0.242 e. The highest BCUT2D eigenvalue weighted by molar-refractivity contribution is 7.92. The van der Waals surface area contributed by atoms with Gasteiger partial charge < -0.3 is 15.0 Å². The minimum absolute atomic E-state index is 0.0818. The molecule has 0 spiro atoms. The summed E-state index contributed by atoms with van der Waals surface area (Å²) in [5.74, 6) is 0.462. The van der Waals surface area contributed by atoms with Crippen LogP contribution in [0.4, 0.5) is 5.69 Å². The average molecular weight is 552 g/mol. The van der Waals surface area contributed by atoms with Gasteiger partial charge >= 0.3 is 0 Å². The van der Waals surface area contributed by atoms with Crippen LogP contribution in [-0.2, 0) is 26.2 Å². The van der Waals surface area contributed by atoms with E-state index in [0.29, 0.717) is 29.6 Å². The Kier molecular flexibility index (Phi) is 11.7. The van der Waals surface area contributed by atoms with Crippen LogP contribution in [0.2, 0.25) is 5.02 Å². The molecule has 0 saturated carbocycles. The maximum Gasteiger partial charge on any atom is 0.242 e. The van der Waals surface area contributed by atoms with Crippen LogP contribution in [0.3, 0.4) is 0 Å². The largest absolute Gasteiger partial charge is 0.494 e. The molecule has 2 rings (SSSR count). The lowest BCUT2D eigenvalue weighted by Gasteiger charge is -2.29. The third kappa shape index (κ3) is 9.89. The second-order valence-electron chi connectivity index (χ2n) is 9.33. The molecule has 1 atom stereocenters. The monoisotopic (exact) mass is 551 g/mol. The molecule has 204 valence electrons. The number of halogens is 1. The van der Waals surface area contributed by atoms with Crippen molar-refractivity contribution < 1.29 is 22.7 Å². The molecule has 37 heavy (non-hydrogen) atoms. The Balaban J connectivity index is 2.14. The quantitative estimate of drug-likeness (QED) is 0.373. The van der Waals surface area contributed by atoms with E-state index >= 15 is 0 Å². The molecule has 1 unspecified atom stereocenters. The number of ether oxygens (including phenoxy) is 1. The van der Waals surface area contributed by atoms with Crippen molar-refractivity contribution in [2.24, 2.45) is 5.92 Å². The lowest BCUT2D eigenvalue weighted by Crippen LogP contribution is -2.48. The number of rotatable bonds is 14. The lowest BCUT2D eigenvalue weighted by molar-refractivity contribution is -0.140. The fourth-order valence-electron chi connectivity index (χ4n) is 3.70. The number of carbonyl (C=O) groups excluding carboxylic acids is 2. The molecule has 0 aliphatic rings. The predicted octanol–water partition coefficient (Wildman–Crippen LogP) is 4.47. The Morgan fingerprint density at radius 1 is 1.03 bits per heavy atom. The zero-order valence-electron chi connectivity index (χ0n) is 22.2. The normalized spacial score (nSPS) is 12.2. The van der Waals surface area contributed by atoms with Gasteiger partial charge in [0.25, 0.3) is 0 Å². The van der Waals surface area contributed by atoms with Gasteiger partial charge in [0.15, 0.2) is 0 Å². The Hall–Kier alpha value is -2.78. The molecular weight excluding hydrogens is 514 g/mol. The van der Waals surface area contributed by atoms with Gasteiger partial charge in [0.1, 0.15) is 11.8 Å². The number of hydrogen-bond acceptors (Lipinski definition) is 5. The van der Waals surface area contributed by atoms with Crippen molar-refractivity contribution in [2.45, 2.75) is 53.1 Å². The molecule has 0 heterocycles. The van der Waals surface area contributed by atoms with E-state index < -0.39 is 16.1 Å². The summed E-state index contributed by atoms with van der Waals surface area (Å²) in [5, 5.41) is 3.47. The Bertz CT molecular complexity index is 1120. The van der Waals surface area contributed by atoms with Gasteiger partial charge in [-0.2, -0.15) is 0 Å². The minimum Gasteiger partial charge on any atom is -0.494 e. The number of amides is 2. The van der Waals surface area contributed by atoms with Gasteiger partial charge in [-0.15, -0.1) is 0 Å². The first kappa shape index (κ1) is 30.4. The number of benzene rings is 2. The van der Waals surface area contributed by atoms with Crippen LogP contribution >= 0.6 is 11.6 Å². The summed E-state index contributed by atoms with van der Waals surface area (Å²) in [4.78, 5) is 27.6. The molecule has 0 aliphatic heterocycles. The number of carbonyl (C=O) groups is 2. The van der Waals surface area contributed by atoms with Crippen molar-refractivity contribution >= 4 is 39.1 Å². The Morgan fingerprint density at radius 2 is 1.65 bits per heavy atom. The summed E-state index contributed by atoms with van der Waals surface area (Å²) < 4.78 is 31.7. The van der Waals surface area contributed by atoms with E-state index in [1.165, 1.54) is 9.21 Å². The Morgan fingerprint density at radius 3 is 2.19 bits per heavy atom. The predicted molar refractivity (Wildman–Crippen MR) is 148 cm³/mol. The molecular formula is C27H38ClN3O5S. The van der Waals surface area contributed by atoms with Gasteiger partial charge in [0, 0.05) is 31.1 Å². The van der Waals surface area contributed by atoms with Crippen molar-refractivity contribution in [3.05, 3.63) is 59.1 Å². The average Bonchev–Trinajstić information content (AvgIpc) is 2.84. The van der Waals surface area contributed by atoms with Crippen molar-refractivity contribution in [2.75, 3.05) is 30.3 Å². The molecule has 0 saturated heterocycles. The number of anilines is 1. The summed E-state index contributed by atoms with van der Waals surface area (Å²) in [7, 11) is -3.57. The van der Waals surface area contributed by atoms with E-state index in [1.54, 1.807) is 43.3 Å². The number of hydrogen-bond donors (Lipinski definition) is 1. The molecule has 2 aromatic rings. The number of nitrogens with zero attached hydrogens (tertiary/aromatic N) is 2. The summed E-state index contributed by atoms with van der Waals surface area (Å²) >= 11 is 6.00. The van der Waals surface area contributed by atoms with Crippen molar-refractivity contribution in [1.82, 2.24) is 10.2 Å². The van der Waals surface area contributed by atoms with Gasteiger partial charge in [0.05, 0.1) is 18.6 Å². The van der Waals surface area contributed by atoms with Crippen LogP contribution in [0.15, 0.2) is 48.5 Å². The molecule has 0 fully saturated rings. The third-order valence-corrected chi connectivity index (χ3v) is 7.15. The molecule has 0 radical (unpaired) electrons. The minimum atomic E-state index is -3.57. The van der Waals surface area contributed by atoms with Crippen LogP contribution in [0, 0.1) is 5.92 Å².